The molecule has 0 spiro atoms. The number of aliphatic carboxylic acids is 1. The minimum absolute atomic E-state index is 0. The summed E-state index contributed by atoms with van der Waals surface area (Å²) in [5.74, 6) is -1.75. The van der Waals surface area contributed by atoms with E-state index in [1.807, 2.05) is 0 Å². The number of halogens is 2. The van der Waals surface area contributed by atoms with E-state index in [1.165, 1.54) is 12.3 Å². The van der Waals surface area contributed by atoms with Gasteiger partial charge in [-0.15, -0.1) is 0 Å². The van der Waals surface area contributed by atoms with E-state index in [9.17, 15) is 14.3 Å². The fraction of sp³-hybridized carbons (Fsp3) is 0.143. The van der Waals surface area contributed by atoms with Crippen molar-refractivity contribution in [1.29, 1.82) is 0 Å². The first kappa shape index (κ1) is 13.0. The van der Waals surface area contributed by atoms with Gasteiger partial charge in [0.05, 0.1) is 5.97 Å². The van der Waals surface area contributed by atoms with E-state index >= 15 is 0 Å². The van der Waals surface area contributed by atoms with Crippen LogP contribution in [-0.4, -0.2) is 11.0 Å². The average Bonchev–Trinajstić information content (AvgIpc) is 2.03. The fourth-order valence-corrected chi connectivity index (χ4v) is 1.09. The van der Waals surface area contributed by atoms with Gasteiger partial charge in [0.15, 0.2) is 6.17 Å². The maximum absolute atomic E-state index is 12.7. The summed E-state index contributed by atoms with van der Waals surface area (Å²) in [7, 11) is 0. The third-order valence-corrected chi connectivity index (χ3v) is 1.66. The van der Waals surface area contributed by atoms with Gasteiger partial charge in [-0.1, -0.05) is 0 Å². The Balaban J connectivity index is 0.00000144. The normalized spacial score (nSPS) is 11.5. The molecule has 0 saturated heterocycles. The van der Waals surface area contributed by atoms with Crippen LogP contribution in [0.3, 0.4) is 0 Å². The standard InChI is InChI=1S/C7H5BrFNO2.Na/c8-5-1-4(2-10-3-5)6(9)7(11)12;/h1-3,6H,(H,11,12);/q;+1/p-1. The molecule has 0 N–H and O–H groups in total. The molecule has 1 atom stereocenters. The van der Waals surface area contributed by atoms with Gasteiger partial charge < -0.3 is 9.90 Å². The molecule has 0 aliphatic carbocycles. The Morgan fingerprint density at radius 3 is 2.69 bits per heavy atom. The molecule has 0 saturated carbocycles. The Hall–Kier alpha value is 0.0300. The van der Waals surface area contributed by atoms with Gasteiger partial charge >= 0.3 is 29.6 Å². The average molecular weight is 256 g/mol. The second kappa shape index (κ2) is 5.70. The van der Waals surface area contributed by atoms with Crippen molar-refractivity contribution in [3.63, 3.8) is 0 Å². The van der Waals surface area contributed by atoms with Crippen molar-refractivity contribution >= 4 is 21.9 Å². The van der Waals surface area contributed by atoms with Crippen molar-refractivity contribution < 1.29 is 43.8 Å². The van der Waals surface area contributed by atoms with E-state index in [4.69, 9.17) is 0 Å². The third-order valence-electron chi connectivity index (χ3n) is 1.23. The zero-order valence-electron chi connectivity index (χ0n) is 6.83. The number of aromatic nitrogens is 1. The third kappa shape index (κ3) is 3.72. The molecular formula is C7H4BrFNNaO2. The molecule has 64 valence electrons. The minimum atomic E-state index is -2.12. The van der Waals surface area contributed by atoms with Crippen LogP contribution in [0.15, 0.2) is 22.9 Å². The maximum Gasteiger partial charge on any atom is 1.00 e. The minimum Gasteiger partial charge on any atom is -0.547 e. The Bertz CT molecular complexity index is 310. The van der Waals surface area contributed by atoms with E-state index in [-0.39, 0.29) is 35.1 Å². The van der Waals surface area contributed by atoms with E-state index in [1.54, 1.807) is 0 Å². The van der Waals surface area contributed by atoms with Crippen molar-refractivity contribution in [2.45, 2.75) is 6.17 Å². The van der Waals surface area contributed by atoms with Crippen LogP contribution in [0.1, 0.15) is 11.7 Å². The van der Waals surface area contributed by atoms with Gasteiger partial charge in [0.25, 0.3) is 0 Å². The van der Waals surface area contributed by atoms with E-state index in [0.29, 0.717) is 4.47 Å². The van der Waals surface area contributed by atoms with Crippen LogP contribution in [0.4, 0.5) is 4.39 Å². The second-order valence-corrected chi connectivity index (χ2v) is 3.03. The summed E-state index contributed by atoms with van der Waals surface area (Å²) < 4.78 is 13.2. The van der Waals surface area contributed by atoms with E-state index in [2.05, 4.69) is 20.9 Å². The molecule has 0 fully saturated rings. The fourth-order valence-electron chi connectivity index (χ4n) is 0.703. The molecular weight excluding hydrogens is 252 g/mol. The smallest absolute Gasteiger partial charge is 0.547 e. The molecule has 13 heavy (non-hydrogen) atoms. The SMILES string of the molecule is O=C([O-])C(F)c1cncc(Br)c1.[Na+]. The zero-order valence-corrected chi connectivity index (χ0v) is 10.4. The molecule has 1 rings (SSSR count). The summed E-state index contributed by atoms with van der Waals surface area (Å²) in [6, 6.07) is 1.34. The van der Waals surface area contributed by atoms with Crippen molar-refractivity contribution in [3.8, 4) is 0 Å². The van der Waals surface area contributed by atoms with Crippen molar-refractivity contribution in [2.24, 2.45) is 0 Å². The monoisotopic (exact) mass is 255 g/mol. The molecule has 6 heteroatoms. The van der Waals surface area contributed by atoms with Crippen LogP contribution in [0, 0.1) is 0 Å². The first-order valence-corrected chi connectivity index (χ1v) is 3.86. The van der Waals surface area contributed by atoms with Gasteiger partial charge in [0.2, 0.25) is 0 Å². The molecule has 3 nitrogen and oxygen atoms in total. The first-order chi connectivity index (χ1) is 5.61. The quantitative estimate of drug-likeness (QED) is 0.555. The molecule has 1 aromatic heterocycles. The molecule has 1 heterocycles. The van der Waals surface area contributed by atoms with E-state index in [0.717, 1.165) is 6.20 Å². The number of pyridine rings is 1. The Morgan fingerprint density at radius 1 is 1.62 bits per heavy atom. The van der Waals surface area contributed by atoms with Gasteiger partial charge in [-0.25, -0.2) is 4.39 Å². The van der Waals surface area contributed by atoms with Crippen molar-refractivity contribution in [1.82, 2.24) is 4.98 Å². The summed E-state index contributed by atoms with van der Waals surface area (Å²) in [6.45, 7) is 0. The molecule has 0 aliphatic heterocycles. The second-order valence-electron chi connectivity index (χ2n) is 2.12. The number of rotatable bonds is 2. The van der Waals surface area contributed by atoms with Gasteiger partial charge in [-0.3, -0.25) is 4.98 Å². The number of nitrogens with zero attached hydrogens (tertiary/aromatic N) is 1. The van der Waals surface area contributed by atoms with Crippen LogP contribution in [0.2, 0.25) is 0 Å². The first-order valence-electron chi connectivity index (χ1n) is 3.06. The van der Waals surface area contributed by atoms with Gasteiger partial charge in [0, 0.05) is 22.4 Å². The zero-order chi connectivity index (χ0) is 9.14. The molecule has 1 aromatic rings. The molecule has 0 aromatic carbocycles. The number of alkyl halides is 1. The van der Waals surface area contributed by atoms with Crippen LogP contribution in [-0.2, 0) is 4.79 Å². The van der Waals surface area contributed by atoms with Gasteiger partial charge in [-0.2, -0.15) is 0 Å². The summed E-state index contributed by atoms with van der Waals surface area (Å²) in [4.78, 5) is 13.7. The Kier molecular flexibility index (Phi) is 5.71. The van der Waals surface area contributed by atoms with Crippen LogP contribution in [0.5, 0.6) is 0 Å². The van der Waals surface area contributed by atoms with Crippen LogP contribution >= 0.6 is 15.9 Å². The Labute approximate surface area is 105 Å². The van der Waals surface area contributed by atoms with Crippen molar-refractivity contribution in [2.75, 3.05) is 0 Å². The molecule has 0 aliphatic rings. The maximum atomic E-state index is 12.7. The predicted molar refractivity (Wildman–Crippen MR) is 40.8 cm³/mol. The Morgan fingerprint density at radius 2 is 2.23 bits per heavy atom. The summed E-state index contributed by atoms with van der Waals surface area (Å²) in [6.07, 6.45) is 0.464. The number of carboxylic acid groups (broad SMARTS) is 1. The molecule has 0 bridgehead atoms. The number of hydrogen-bond acceptors (Lipinski definition) is 3. The van der Waals surface area contributed by atoms with E-state index < -0.39 is 12.1 Å². The summed E-state index contributed by atoms with van der Waals surface area (Å²) >= 11 is 3.04. The number of carbonyl (C=O) groups excluding carboxylic acids is 1. The predicted octanol–water partition coefficient (Wildman–Crippen LogP) is -2.39. The van der Waals surface area contributed by atoms with Crippen LogP contribution < -0.4 is 34.7 Å². The number of carbonyl (C=O) groups is 1. The summed E-state index contributed by atoms with van der Waals surface area (Å²) in [5.41, 5.74) is -0.0237. The summed E-state index contributed by atoms with van der Waals surface area (Å²) in [5, 5.41) is 10.1. The topological polar surface area (TPSA) is 53.0 Å². The van der Waals surface area contributed by atoms with Crippen molar-refractivity contribution in [3.05, 3.63) is 28.5 Å². The number of carboxylic acids is 1. The van der Waals surface area contributed by atoms with Crippen LogP contribution in [0.25, 0.3) is 0 Å². The molecule has 0 radical (unpaired) electrons. The number of hydrogen-bond donors (Lipinski definition) is 0. The molecule has 1 unspecified atom stereocenters. The van der Waals surface area contributed by atoms with Gasteiger partial charge in [-0.05, 0) is 22.0 Å². The largest absolute Gasteiger partial charge is 1.00 e. The van der Waals surface area contributed by atoms with Gasteiger partial charge in [0.1, 0.15) is 0 Å². The molecule has 0 amide bonds.